The molecule has 0 aromatic heterocycles. The van der Waals surface area contributed by atoms with Crippen LogP contribution < -0.4 is 10.1 Å². The summed E-state index contributed by atoms with van der Waals surface area (Å²) in [6.07, 6.45) is -4.30. The molecule has 1 atom stereocenters. The van der Waals surface area contributed by atoms with Crippen molar-refractivity contribution >= 4 is 34.9 Å². The molecule has 3 aromatic rings. The molecule has 6 nitrogen and oxygen atoms in total. The number of cyclic esters (lactones) is 1. The summed E-state index contributed by atoms with van der Waals surface area (Å²) in [5, 5.41) is 2.51. The number of rotatable bonds is 6. The fraction of sp³-hybridized carbons (Fsp3) is 0.233. The first kappa shape index (κ1) is 30.5. The number of nitrogens with one attached hydrogen (secondary N) is 1. The fourth-order valence-electron chi connectivity index (χ4n) is 4.07. The molecule has 0 bridgehead atoms. The number of amides is 1. The monoisotopic (exact) mass is 605 g/mol. The number of carbonyl (C=O) groups is 3. The molecular formula is C30H21ClF5NO5. The highest BCUT2D eigenvalue weighted by molar-refractivity contribution is 6.31. The minimum atomic E-state index is -4.89. The van der Waals surface area contributed by atoms with E-state index in [1.807, 2.05) is 0 Å². The van der Waals surface area contributed by atoms with Gasteiger partial charge < -0.3 is 14.8 Å². The lowest BCUT2D eigenvalue weighted by Crippen LogP contribution is -2.22. The molecule has 1 saturated heterocycles. The Morgan fingerprint density at radius 2 is 1.86 bits per heavy atom. The van der Waals surface area contributed by atoms with Crippen molar-refractivity contribution < 1.29 is 45.8 Å². The molecule has 3 aromatic carbocycles. The molecule has 0 saturated carbocycles. The molecule has 12 heteroatoms. The van der Waals surface area contributed by atoms with Crippen molar-refractivity contribution in [2.75, 3.05) is 11.9 Å². The van der Waals surface area contributed by atoms with Crippen LogP contribution in [0, 0.1) is 30.4 Å². The van der Waals surface area contributed by atoms with E-state index in [0.717, 1.165) is 6.07 Å². The maximum absolute atomic E-state index is 15.0. The van der Waals surface area contributed by atoms with Crippen molar-refractivity contribution in [3.63, 3.8) is 0 Å². The predicted molar refractivity (Wildman–Crippen MR) is 142 cm³/mol. The number of alkyl halides is 3. The van der Waals surface area contributed by atoms with Gasteiger partial charge in [-0.3, -0.25) is 14.4 Å². The third kappa shape index (κ3) is 7.06. The molecule has 218 valence electrons. The van der Waals surface area contributed by atoms with Gasteiger partial charge in [-0.25, -0.2) is 8.78 Å². The molecule has 1 unspecified atom stereocenters. The van der Waals surface area contributed by atoms with Gasteiger partial charge in [0, 0.05) is 28.3 Å². The number of hydrogen-bond acceptors (Lipinski definition) is 5. The summed E-state index contributed by atoms with van der Waals surface area (Å²) in [5.41, 5.74) is -3.07. The Labute approximate surface area is 241 Å². The van der Waals surface area contributed by atoms with E-state index in [4.69, 9.17) is 21.1 Å². The Morgan fingerprint density at radius 1 is 1.12 bits per heavy atom. The van der Waals surface area contributed by atoms with E-state index < -0.39 is 52.8 Å². The molecule has 1 N–H and O–H groups in total. The first-order chi connectivity index (χ1) is 19.6. The minimum absolute atomic E-state index is 0.0290. The predicted octanol–water partition coefficient (Wildman–Crippen LogP) is 6.64. The Hall–Kier alpha value is -4.43. The molecule has 4 rings (SSSR count). The number of ketones is 1. The van der Waals surface area contributed by atoms with Crippen molar-refractivity contribution in [2.24, 2.45) is 0 Å². The zero-order chi connectivity index (χ0) is 30.8. The molecule has 0 aliphatic carbocycles. The van der Waals surface area contributed by atoms with Gasteiger partial charge >= 0.3 is 12.1 Å². The van der Waals surface area contributed by atoms with Crippen LogP contribution >= 0.6 is 11.6 Å². The van der Waals surface area contributed by atoms with Gasteiger partial charge in [0.25, 0.3) is 5.91 Å². The molecular weight excluding hydrogens is 585 g/mol. The lowest BCUT2D eigenvalue weighted by Gasteiger charge is -2.15. The second-order valence-electron chi connectivity index (χ2n) is 9.59. The zero-order valence-corrected chi connectivity index (χ0v) is 22.8. The van der Waals surface area contributed by atoms with Gasteiger partial charge in [-0.05, 0) is 62.4 Å². The maximum atomic E-state index is 15.0. The normalized spacial score (nSPS) is 16.3. The number of benzene rings is 3. The van der Waals surface area contributed by atoms with Gasteiger partial charge in [0.2, 0.25) is 0 Å². The maximum Gasteiger partial charge on any atom is 0.416 e. The molecule has 0 radical (unpaired) electrons. The lowest BCUT2D eigenvalue weighted by molar-refractivity contribution is -0.144. The van der Waals surface area contributed by atoms with E-state index in [0.29, 0.717) is 18.6 Å². The van der Waals surface area contributed by atoms with Crippen LogP contribution in [0.4, 0.5) is 27.6 Å². The van der Waals surface area contributed by atoms with Crippen molar-refractivity contribution in [1.29, 1.82) is 0 Å². The quantitative estimate of drug-likeness (QED) is 0.147. The van der Waals surface area contributed by atoms with Crippen LogP contribution in [0.2, 0.25) is 5.02 Å². The van der Waals surface area contributed by atoms with E-state index in [-0.39, 0.29) is 51.6 Å². The van der Waals surface area contributed by atoms with Crippen LogP contribution in [0.1, 0.15) is 52.4 Å². The first-order valence-corrected chi connectivity index (χ1v) is 12.7. The molecule has 0 spiro atoms. The largest absolute Gasteiger partial charge is 0.483 e. The Morgan fingerprint density at radius 3 is 2.52 bits per heavy atom. The van der Waals surface area contributed by atoms with Gasteiger partial charge in [-0.2, -0.15) is 13.2 Å². The van der Waals surface area contributed by atoms with Crippen LogP contribution in [0.15, 0.2) is 48.5 Å². The van der Waals surface area contributed by atoms with Gasteiger partial charge in [-0.1, -0.05) is 23.4 Å². The standard InChI is InChI=1S/C30H21ClF5NO5/c1-16-23(5-3-17(27(16)33)7-9-29(2)10-8-26(39)42-29)37-25(38)15-41-24-6-4-20(31)14-22(24)28(40)18-11-19(30(34,35)36)13-21(32)12-18/h3-6,11-14H,8,10,15H2,1-2H3,(H,37,38). The van der Waals surface area contributed by atoms with Crippen molar-refractivity contribution in [3.8, 4) is 17.6 Å². The summed E-state index contributed by atoms with van der Waals surface area (Å²) < 4.78 is 78.9. The van der Waals surface area contributed by atoms with E-state index in [9.17, 15) is 36.3 Å². The fourth-order valence-corrected chi connectivity index (χ4v) is 4.25. The van der Waals surface area contributed by atoms with Crippen molar-refractivity contribution in [3.05, 3.63) is 93.0 Å². The third-order valence-corrected chi connectivity index (χ3v) is 6.53. The molecule has 1 aliphatic rings. The third-order valence-electron chi connectivity index (χ3n) is 6.30. The number of ether oxygens (including phenoxy) is 2. The van der Waals surface area contributed by atoms with Crippen LogP contribution in [-0.4, -0.2) is 29.9 Å². The van der Waals surface area contributed by atoms with E-state index >= 15 is 0 Å². The smallest absolute Gasteiger partial charge is 0.416 e. The molecule has 1 aliphatic heterocycles. The van der Waals surface area contributed by atoms with Crippen LogP contribution in [0.5, 0.6) is 5.75 Å². The second-order valence-corrected chi connectivity index (χ2v) is 10.0. The summed E-state index contributed by atoms with van der Waals surface area (Å²) in [6, 6.07) is 7.82. The molecule has 1 amide bonds. The minimum Gasteiger partial charge on any atom is -0.483 e. The van der Waals surface area contributed by atoms with Gasteiger partial charge in [0.05, 0.1) is 23.1 Å². The van der Waals surface area contributed by atoms with Crippen LogP contribution in [0.3, 0.4) is 0 Å². The topological polar surface area (TPSA) is 81.7 Å². The van der Waals surface area contributed by atoms with Crippen LogP contribution in [0.25, 0.3) is 0 Å². The lowest BCUT2D eigenvalue weighted by atomic mass is 10.00. The van der Waals surface area contributed by atoms with E-state index in [1.165, 1.54) is 31.2 Å². The number of carbonyl (C=O) groups excluding carboxylic acids is 3. The first-order valence-electron chi connectivity index (χ1n) is 12.3. The Balaban J connectivity index is 1.48. The van der Waals surface area contributed by atoms with Crippen molar-refractivity contribution in [2.45, 2.75) is 38.5 Å². The number of anilines is 1. The number of esters is 1. The van der Waals surface area contributed by atoms with E-state index in [2.05, 4.69) is 17.2 Å². The van der Waals surface area contributed by atoms with Crippen LogP contribution in [-0.2, 0) is 20.5 Å². The Kier molecular flexibility index (Phi) is 8.59. The summed E-state index contributed by atoms with van der Waals surface area (Å²) in [4.78, 5) is 37.0. The zero-order valence-electron chi connectivity index (χ0n) is 22.0. The highest BCUT2D eigenvalue weighted by atomic mass is 35.5. The van der Waals surface area contributed by atoms with Gasteiger partial charge in [0.1, 0.15) is 17.4 Å². The molecule has 1 heterocycles. The van der Waals surface area contributed by atoms with Crippen molar-refractivity contribution in [1.82, 2.24) is 0 Å². The second kappa shape index (κ2) is 11.8. The SMILES string of the molecule is Cc1c(NC(=O)COc2ccc(Cl)cc2C(=O)c2cc(F)cc(C(F)(F)F)c2)ccc(C#CC2(C)CCC(=O)O2)c1F. The highest BCUT2D eigenvalue weighted by Gasteiger charge is 2.34. The summed E-state index contributed by atoms with van der Waals surface area (Å²) >= 11 is 5.96. The number of halogens is 6. The average Bonchev–Trinajstić information content (AvgIpc) is 3.27. The summed E-state index contributed by atoms with van der Waals surface area (Å²) in [6.45, 7) is 2.37. The van der Waals surface area contributed by atoms with Gasteiger partial charge in [0.15, 0.2) is 18.0 Å². The average molecular weight is 606 g/mol. The molecule has 1 fully saturated rings. The highest BCUT2D eigenvalue weighted by Crippen LogP contribution is 2.32. The summed E-state index contributed by atoms with van der Waals surface area (Å²) in [7, 11) is 0. The summed E-state index contributed by atoms with van der Waals surface area (Å²) in [5.74, 6) is 1.10. The van der Waals surface area contributed by atoms with Gasteiger partial charge in [-0.15, -0.1) is 0 Å². The molecule has 42 heavy (non-hydrogen) atoms. The van der Waals surface area contributed by atoms with E-state index in [1.54, 1.807) is 6.92 Å². The Bertz CT molecular complexity index is 1660. The number of hydrogen-bond donors (Lipinski definition) is 1.